The number of carbonyl (C=O) groups excluding carboxylic acids is 3. The molecule has 1 aliphatic rings. The second kappa shape index (κ2) is 3.77. The van der Waals surface area contributed by atoms with Gasteiger partial charge in [0.15, 0.2) is 6.17 Å². The van der Waals surface area contributed by atoms with E-state index >= 15 is 0 Å². The fraction of sp³-hybridized carbons (Fsp3) is 0.250. The Labute approximate surface area is 73.5 Å². The first-order chi connectivity index (χ1) is 5.09. The van der Waals surface area contributed by atoms with E-state index in [2.05, 4.69) is 5.32 Å². The molecule has 0 spiro atoms. The minimum Gasteiger partial charge on any atom is -0.352 e. The molecule has 68 valence electrons. The molecule has 7 nitrogen and oxygen atoms in total. The summed E-state index contributed by atoms with van der Waals surface area (Å²) in [5, 5.41) is 6.05. The van der Waals surface area contributed by atoms with Gasteiger partial charge in [-0.1, -0.05) is 0 Å². The van der Waals surface area contributed by atoms with Gasteiger partial charge in [-0.2, -0.15) is 0 Å². The van der Waals surface area contributed by atoms with Crippen LogP contribution < -0.4 is 21.7 Å². The minimum atomic E-state index is -1.04. The smallest absolute Gasteiger partial charge is 0.323 e. The molecule has 0 saturated carbocycles. The zero-order valence-electron chi connectivity index (χ0n) is 5.79. The first kappa shape index (κ1) is 10.5. The Morgan fingerprint density at radius 1 is 1.50 bits per heavy atom. The molecule has 1 heterocycles. The van der Waals surface area contributed by atoms with E-state index in [-0.39, 0.29) is 12.4 Å². The van der Waals surface area contributed by atoms with E-state index in [4.69, 9.17) is 5.73 Å². The van der Waals surface area contributed by atoms with E-state index < -0.39 is 24.1 Å². The molecule has 8 heteroatoms. The van der Waals surface area contributed by atoms with E-state index in [1.165, 1.54) is 0 Å². The Bertz CT molecular complexity index is 230. The maximum Gasteiger partial charge on any atom is 0.323 e. The molecule has 1 fully saturated rings. The zero-order valence-corrected chi connectivity index (χ0v) is 6.60. The van der Waals surface area contributed by atoms with Crippen LogP contribution in [0.2, 0.25) is 0 Å². The number of primary amides is 1. The van der Waals surface area contributed by atoms with Gasteiger partial charge in [-0.3, -0.25) is 10.1 Å². The summed E-state index contributed by atoms with van der Waals surface area (Å²) in [5.74, 6) is -0.617. The van der Waals surface area contributed by atoms with Gasteiger partial charge < -0.3 is 16.4 Å². The monoisotopic (exact) mass is 194 g/mol. The Balaban J connectivity index is 0.00000121. The molecule has 0 aromatic heterocycles. The minimum absolute atomic E-state index is 0. The SMILES string of the molecule is Cl.NC(=O)NC1NC(=O)NC1=O. The van der Waals surface area contributed by atoms with Crippen molar-refractivity contribution in [2.24, 2.45) is 5.73 Å². The van der Waals surface area contributed by atoms with Crippen LogP contribution in [0.4, 0.5) is 9.59 Å². The van der Waals surface area contributed by atoms with Crippen LogP contribution in [-0.4, -0.2) is 24.1 Å². The number of carbonyl (C=O) groups is 3. The van der Waals surface area contributed by atoms with Crippen LogP contribution in [-0.2, 0) is 4.79 Å². The molecular weight excluding hydrogens is 188 g/mol. The average molecular weight is 195 g/mol. The first-order valence-corrected chi connectivity index (χ1v) is 2.77. The molecule has 0 bridgehead atoms. The van der Waals surface area contributed by atoms with Crippen LogP contribution in [0.5, 0.6) is 0 Å². The molecule has 5 amide bonds. The third-order valence-corrected chi connectivity index (χ3v) is 1.06. The zero-order chi connectivity index (χ0) is 8.43. The van der Waals surface area contributed by atoms with Crippen molar-refractivity contribution in [3.63, 3.8) is 0 Å². The molecule has 12 heavy (non-hydrogen) atoms. The molecule has 1 saturated heterocycles. The van der Waals surface area contributed by atoms with Crippen LogP contribution in [0.25, 0.3) is 0 Å². The van der Waals surface area contributed by atoms with Gasteiger partial charge in [0.05, 0.1) is 0 Å². The summed E-state index contributed by atoms with van der Waals surface area (Å²) in [7, 11) is 0. The van der Waals surface area contributed by atoms with Gasteiger partial charge in [0, 0.05) is 0 Å². The molecule has 1 atom stereocenters. The number of hydrogen-bond donors (Lipinski definition) is 4. The Morgan fingerprint density at radius 3 is 2.42 bits per heavy atom. The van der Waals surface area contributed by atoms with Crippen molar-refractivity contribution in [1.29, 1.82) is 0 Å². The van der Waals surface area contributed by atoms with E-state index in [1.54, 1.807) is 0 Å². The van der Waals surface area contributed by atoms with E-state index in [9.17, 15) is 14.4 Å². The summed E-state index contributed by atoms with van der Waals surface area (Å²) in [4.78, 5) is 31.3. The van der Waals surface area contributed by atoms with Crippen molar-refractivity contribution in [3.8, 4) is 0 Å². The maximum atomic E-state index is 10.7. The summed E-state index contributed by atoms with van der Waals surface area (Å²) in [6.45, 7) is 0. The lowest BCUT2D eigenvalue weighted by atomic mass is 10.5. The number of amides is 5. The van der Waals surface area contributed by atoms with Gasteiger partial charge in [-0.05, 0) is 0 Å². The fourth-order valence-electron chi connectivity index (χ4n) is 0.661. The van der Waals surface area contributed by atoms with Gasteiger partial charge in [-0.25, -0.2) is 9.59 Å². The number of rotatable bonds is 1. The number of nitrogens with one attached hydrogen (secondary N) is 3. The molecular formula is C4H7ClN4O3. The number of nitrogens with two attached hydrogens (primary N) is 1. The average Bonchev–Trinajstić information content (AvgIpc) is 2.09. The largest absolute Gasteiger partial charge is 0.352 e. The fourth-order valence-corrected chi connectivity index (χ4v) is 0.661. The highest BCUT2D eigenvalue weighted by atomic mass is 35.5. The lowest BCUT2D eigenvalue weighted by molar-refractivity contribution is -0.120. The Morgan fingerprint density at radius 2 is 2.08 bits per heavy atom. The van der Waals surface area contributed by atoms with Crippen LogP contribution in [0.15, 0.2) is 0 Å². The predicted molar refractivity (Wildman–Crippen MR) is 40.4 cm³/mol. The van der Waals surface area contributed by atoms with Crippen molar-refractivity contribution in [2.75, 3.05) is 0 Å². The number of imide groups is 1. The van der Waals surface area contributed by atoms with Crippen LogP contribution in [0.3, 0.4) is 0 Å². The quantitative estimate of drug-likeness (QED) is 0.371. The highest BCUT2D eigenvalue weighted by Gasteiger charge is 2.29. The molecule has 0 aromatic carbocycles. The van der Waals surface area contributed by atoms with Crippen molar-refractivity contribution in [1.82, 2.24) is 16.0 Å². The lowest BCUT2D eigenvalue weighted by Crippen LogP contribution is -2.48. The molecule has 1 aliphatic heterocycles. The molecule has 1 unspecified atom stereocenters. The van der Waals surface area contributed by atoms with Gasteiger partial charge in [-0.15, -0.1) is 12.4 Å². The van der Waals surface area contributed by atoms with Crippen LogP contribution >= 0.6 is 12.4 Å². The normalized spacial score (nSPS) is 20.5. The number of urea groups is 2. The summed E-state index contributed by atoms with van der Waals surface area (Å²) >= 11 is 0. The van der Waals surface area contributed by atoms with Crippen molar-refractivity contribution >= 4 is 30.4 Å². The van der Waals surface area contributed by atoms with Crippen molar-refractivity contribution < 1.29 is 14.4 Å². The number of hydrogen-bond acceptors (Lipinski definition) is 3. The van der Waals surface area contributed by atoms with E-state index in [1.807, 2.05) is 10.6 Å². The highest BCUT2D eigenvalue weighted by Crippen LogP contribution is 1.86. The summed E-state index contributed by atoms with van der Waals surface area (Å²) in [6.07, 6.45) is -1.04. The molecule has 0 aliphatic carbocycles. The predicted octanol–water partition coefficient (Wildman–Crippen LogP) is -1.76. The third-order valence-electron chi connectivity index (χ3n) is 1.06. The second-order valence-corrected chi connectivity index (χ2v) is 1.90. The van der Waals surface area contributed by atoms with Gasteiger partial charge >= 0.3 is 12.1 Å². The van der Waals surface area contributed by atoms with Gasteiger partial charge in [0.2, 0.25) is 0 Å². The Hall–Kier alpha value is -1.50. The van der Waals surface area contributed by atoms with Crippen molar-refractivity contribution in [2.45, 2.75) is 6.17 Å². The molecule has 1 rings (SSSR count). The highest BCUT2D eigenvalue weighted by molar-refractivity contribution is 6.05. The summed E-state index contributed by atoms with van der Waals surface area (Å²) in [6, 6.07) is -1.51. The molecule has 5 N–H and O–H groups in total. The molecule has 0 aromatic rings. The lowest BCUT2D eigenvalue weighted by Gasteiger charge is -2.05. The third kappa shape index (κ3) is 2.27. The standard InChI is InChI=1S/C4H6N4O3.ClH/c5-3(10)6-1-2(9)8-4(11)7-1;/h1H,(H3,5,6,10)(H2,7,8,9,11);1H. The summed E-state index contributed by atoms with van der Waals surface area (Å²) < 4.78 is 0. The Kier molecular flexibility index (Phi) is 3.30. The number of halogens is 1. The maximum absolute atomic E-state index is 10.7. The van der Waals surface area contributed by atoms with Gasteiger partial charge in [0.1, 0.15) is 0 Å². The van der Waals surface area contributed by atoms with E-state index in [0.29, 0.717) is 0 Å². The van der Waals surface area contributed by atoms with Crippen LogP contribution in [0, 0.1) is 0 Å². The topological polar surface area (TPSA) is 113 Å². The first-order valence-electron chi connectivity index (χ1n) is 2.77. The van der Waals surface area contributed by atoms with Crippen LogP contribution in [0.1, 0.15) is 0 Å². The second-order valence-electron chi connectivity index (χ2n) is 1.90. The van der Waals surface area contributed by atoms with Crippen molar-refractivity contribution in [3.05, 3.63) is 0 Å². The molecule has 0 radical (unpaired) electrons. The van der Waals surface area contributed by atoms with E-state index in [0.717, 1.165) is 0 Å². The van der Waals surface area contributed by atoms with Gasteiger partial charge in [0.25, 0.3) is 5.91 Å². The summed E-state index contributed by atoms with van der Waals surface area (Å²) in [5.41, 5.74) is 4.70.